The minimum absolute atomic E-state index is 0.0992. The average Bonchev–Trinajstić information content (AvgIpc) is 3.63. The molecule has 0 unspecified atom stereocenters. The van der Waals surface area contributed by atoms with Gasteiger partial charge in [-0.2, -0.15) is 0 Å². The van der Waals surface area contributed by atoms with E-state index in [1.165, 1.54) is 5.56 Å². The molecule has 0 spiro atoms. The Morgan fingerprint density at radius 1 is 1.00 bits per heavy atom. The smallest absolute Gasteiger partial charge is 0.253 e. The summed E-state index contributed by atoms with van der Waals surface area (Å²) in [6.45, 7) is 14.9. The molecule has 2 aromatic carbocycles. The zero-order valence-electron chi connectivity index (χ0n) is 23.9. The first-order valence-corrected chi connectivity index (χ1v) is 14.0. The fraction of sp³-hybridized carbons (Fsp3) is 0.467. The lowest BCUT2D eigenvalue weighted by Gasteiger charge is -2.39. The highest BCUT2D eigenvalue weighted by molar-refractivity contribution is 5.85. The Kier molecular flexibility index (Phi) is 6.83. The Hall–Kier alpha value is -3.76. The molecule has 6 rings (SSSR count). The molecule has 0 bridgehead atoms. The first-order chi connectivity index (χ1) is 19.2. The molecule has 0 radical (unpaired) electrons. The number of tetrazole rings is 1. The molecule has 1 fully saturated rings. The topological polar surface area (TPSA) is 101 Å². The van der Waals surface area contributed by atoms with Gasteiger partial charge in [-0.1, -0.05) is 25.1 Å². The second-order valence-electron chi connectivity index (χ2n) is 11.6. The molecule has 1 atom stereocenters. The number of aromatic amines is 1. The molecule has 210 valence electrons. The van der Waals surface area contributed by atoms with Crippen LogP contribution in [0.5, 0.6) is 11.5 Å². The Labute approximate surface area is 233 Å². The Morgan fingerprint density at radius 3 is 2.52 bits per heavy atom. The zero-order chi connectivity index (χ0) is 28.0. The van der Waals surface area contributed by atoms with Crippen molar-refractivity contribution in [1.82, 2.24) is 35.0 Å². The third-order valence-electron chi connectivity index (χ3n) is 8.56. The van der Waals surface area contributed by atoms with Gasteiger partial charge in [-0.15, -0.1) is 5.10 Å². The van der Waals surface area contributed by atoms with E-state index in [1.807, 2.05) is 17.7 Å². The number of hydrogen-bond donors (Lipinski definition) is 1. The third kappa shape index (κ3) is 4.75. The van der Waals surface area contributed by atoms with Gasteiger partial charge in [-0.25, -0.2) is 4.68 Å². The van der Waals surface area contributed by atoms with Gasteiger partial charge in [0, 0.05) is 43.7 Å². The summed E-state index contributed by atoms with van der Waals surface area (Å²) in [6, 6.07) is 12.0. The van der Waals surface area contributed by atoms with Crippen molar-refractivity contribution in [3.05, 3.63) is 74.8 Å². The lowest BCUT2D eigenvalue weighted by molar-refractivity contribution is 0.0968. The summed E-state index contributed by atoms with van der Waals surface area (Å²) in [5, 5.41) is 14.1. The van der Waals surface area contributed by atoms with Crippen molar-refractivity contribution in [2.24, 2.45) is 0 Å². The molecule has 1 saturated heterocycles. The quantitative estimate of drug-likeness (QED) is 0.374. The van der Waals surface area contributed by atoms with E-state index in [1.54, 1.807) is 0 Å². The summed E-state index contributed by atoms with van der Waals surface area (Å²) >= 11 is 0. The molecule has 2 aliphatic rings. The molecule has 4 aromatic rings. The minimum Gasteiger partial charge on any atom is -0.454 e. The van der Waals surface area contributed by atoms with Crippen LogP contribution in [0.2, 0.25) is 0 Å². The van der Waals surface area contributed by atoms with Crippen molar-refractivity contribution in [3.8, 4) is 11.5 Å². The van der Waals surface area contributed by atoms with E-state index < -0.39 is 0 Å². The summed E-state index contributed by atoms with van der Waals surface area (Å²) < 4.78 is 12.9. The number of rotatable bonds is 7. The minimum atomic E-state index is -0.374. The average molecular weight is 544 g/mol. The fourth-order valence-corrected chi connectivity index (χ4v) is 5.72. The summed E-state index contributed by atoms with van der Waals surface area (Å²) in [4.78, 5) is 21.7. The standard InChI is InChI=1S/C30H37N7O3/c1-6-30(4,5)37-28(32-33-34-37)27(23-16-22-19(2)7-8-20(3)26(22)31-29(23)38)36-13-11-35(12-14-36)17-21-9-10-24-25(15-21)40-18-39-24/h7-10,15-16,27H,6,11-14,17-18H2,1-5H3,(H,31,38)/t27-/m0/s1. The molecule has 4 heterocycles. The maximum Gasteiger partial charge on any atom is 0.253 e. The first kappa shape index (κ1) is 26.5. The predicted molar refractivity (Wildman–Crippen MR) is 153 cm³/mol. The number of benzene rings is 2. The van der Waals surface area contributed by atoms with E-state index in [-0.39, 0.29) is 23.9 Å². The highest BCUT2D eigenvalue weighted by Crippen LogP contribution is 2.34. The van der Waals surface area contributed by atoms with Crippen LogP contribution in [0.15, 0.2) is 41.2 Å². The van der Waals surface area contributed by atoms with Gasteiger partial charge in [-0.05, 0) is 79.4 Å². The molecule has 2 aromatic heterocycles. The molecule has 10 heteroatoms. The molecule has 0 amide bonds. The van der Waals surface area contributed by atoms with Crippen molar-refractivity contribution in [2.75, 3.05) is 33.0 Å². The first-order valence-electron chi connectivity index (χ1n) is 14.0. The highest BCUT2D eigenvalue weighted by Gasteiger charge is 2.36. The van der Waals surface area contributed by atoms with Crippen LogP contribution in [-0.4, -0.2) is 68.0 Å². The number of piperazine rings is 1. The number of nitrogens with zero attached hydrogens (tertiary/aromatic N) is 6. The number of hydrogen-bond acceptors (Lipinski definition) is 8. The van der Waals surface area contributed by atoms with Crippen LogP contribution in [0.3, 0.4) is 0 Å². The number of pyridine rings is 1. The van der Waals surface area contributed by atoms with E-state index in [9.17, 15) is 4.79 Å². The molecule has 40 heavy (non-hydrogen) atoms. The van der Waals surface area contributed by atoms with Crippen LogP contribution in [0.4, 0.5) is 0 Å². The van der Waals surface area contributed by atoms with E-state index >= 15 is 0 Å². The van der Waals surface area contributed by atoms with E-state index in [0.29, 0.717) is 11.4 Å². The fourth-order valence-electron chi connectivity index (χ4n) is 5.72. The van der Waals surface area contributed by atoms with E-state index in [2.05, 4.69) is 88.3 Å². The van der Waals surface area contributed by atoms with E-state index in [0.717, 1.165) is 72.7 Å². The number of aromatic nitrogens is 5. The van der Waals surface area contributed by atoms with Crippen molar-refractivity contribution in [1.29, 1.82) is 0 Å². The van der Waals surface area contributed by atoms with Gasteiger partial charge >= 0.3 is 0 Å². The monoisotopic (exact) mass is 543 g/mol. The third-order valence-corrected chi connectivity index (χ3v) is 8.56. The normalized spacial score (nSPS) is 17.0. The zero-order valence-corrected chi connectivity index (χ0v) is 23.9. The van der Waals surface area contributed by atoms with Gasteiger partial charge in [0.15, 0.2) is 17.3 Å². The highest BCUT2D eigenvalue weighted by atomic mass is 16.7. The summed E-state index contributed by atoms with van der Waals surface area (Å²) in [5.74, 6) is 2.31. The molecule has 1 N–H and O–H groups in total. The van der Waals surface area contributed by atoms with Gasteiger partial charge in [0.05, 0.1) is 11.1 Å². The van der Waals surface area contributed by atoms with Gasteiger partial charge in [0.2, 0.25) is 6.79 Å². The number of aryl methyl sites for hydroxylation is 2. The molecule has 0 aliphatic carbocycles. The number of ether oxygens (including phenoxy) is 2. The number of H-pyrrole nitrogens is 1. The molecular formula is C30H37N7O3. The number of nitrogens with one attached hydrogen (secondary N) is 1. The summed E-state index contributed by atoms with van der Waals surface area (Å²) in [5.41, 5.74) is 4.53. The Morgan fingerprint density at radius 2 is 1.75 bits per heavy atom. The van der Waals surface area contributed by atoms with Crippen LogP contribution in [0, 0.1) is 13.8 Å². The maximum atomic E-state index is 13.7. The Bertz CT molecular complexity index is 1600. The summed E-state index contributed by atoms with van der Waals surface area (Å²) in [7, 11) is 0. The van der Waals surface area contributed by atoms with E-state index in [4.69, 9.17) is 9.47 Å². The van der Waals surface area contributed by atoms with Crippen LogP contribution in [-0.2, 0) is 12.1 Å². The molecule has 0 saturated carbocycles. The molecule has 10 nitrogen and oxygen atoms in total. The predicted octanol–water partition coefficient (Wildman–Crippen LogP) is 3.91. The van der Waals surface area contributed by atoms with Gasteiger partial charge < -0.3 is 14.5 Å². The maximum absolute atomic E-state index is 13.7. The van der Waals surface area contributed by atoms with Gasteiger partial charge in [-0.3, -0.25) is 14.6 Å². The summed E-state index contributed by atoms with van der Waals surface area (Å²) in [6.07, 6.45) is 0.855. The molecular weight excluding hydrogens is 506 g/mol. The van der Waals surface area contributed by atoms with Crippen molar-refractivity contribution < 1.29 is 9.47 Å². The van der Waals surface area contributed by atoms with Crippen LogP contribution < -0.4 is 15.0 Å². The largest absolute Gasteiger partial charge is 0.454 e. The number of fused-ring (bicyclic) bond motifs is 2. The second kappa shape index (κ2) is 10.3. The van der Waals surface area contributed by atoms with Crippen LogP contribution in [0.25, 0.3) is 10.9 Å². The van der Waals surface area contributed by atoms with Crippen molar-refractivity contribution in [3.63, 3.8) is 0 Å². The van der Waals surface area contributed by atoms with Crippen molar-refractivity contribution >= 4 is 10.9 Å². The lowest BCUT2D eigenvalue weighted by Crippen LogP contribution is -2.49. The van der Waals surface area contributed by atoms with Gasteiger partial charge in [0.1, 0.15) is 6.04 Å². The second-order valence-corrected chi connectivity index (χ2v) is 11.6. The molecule has 2 aliphatic heterocycles. The lowest BCUT2D eigenvalue weighted by atomic mass is 9.97. The van der Waals surface area contributed by atoms with Gasteiger partial charge in [0.25, 0.3) is 5.56 Å². The van der Waals surface area contributed by atoms with Crippen LogP contribution >= 0.6 is 0 Å². The SMILES string of the molecule is CCC(C)(C)n1nnnc1[C@H](c1cc2c(C)ccc(C)c2[nH]c1=O)N1CCN(Cc2ccc3c(c2)OCO3)CC1. The Balaban J connectivity index is 1.34. The van der Waals surface area contributed by atoms with Crippen LogP contribution in [0.1, 0.15) is 61.3 Å². The van der Waals surface area contributed by atoms with Crippen molar-refractivity contribution in [2.45, 2.75) is 59.2 Å².